The van der Waals surface area contributed by atoms with Gasteiger partial charge in [0.2, 0.25) is 0 Å². The van der Waals surface area contributed by atoms with Crippen LogP contribution in [0.1, 0.15) is 74.4 Å². The summed E-state index contributed by atoms with van der Waals surface area (Å²) in [6.45, 7) is 36.2. The standard InChI is InChI=1S/C39H49N.C2H6/c1-12-19-30(8)33(11)31(9)24-25-37(34(20-13-2)32(10)28(4)5)39(26-14-3,29(6)7)36-22-16-15-21-35(36)38-23-17-18-27-40-38;1-2/h12-21,23-27,29,36-37H,1,4,9,11,22H2,2-3,5-8,10H3;1-2H3/b20-13-,25-24+,26-14?,30-19-,34-32-;. The normalized spacial score (nSPS) is 18.3. The van der Waals surface area contributed by atoms with Gasteiger partial charge in [-0.15, -0.1) is 0 Å². The number of pyridine rings is 1. The van der Waals surface area contributed by atoms with Crippen molar-refractivity contribution < 1.29 is 0 Å². The second kappa shape index (κ2) is 18.0. The average Bonchev–Trinajstić information content (AvgIpc) is 3.00. The van der Waals surface area contributed by atoms with E-state index in [0.717, 1.165) is 34.4 Å². The lowest BCUT2D eigenvalue weighted by molar-refractivity contribution is 0.149. The monoisotopic (exact) mass is 561 g/mol. The molecule has 1 aliphatic rings. The van der Waals surface area contributed by atoms with Gasteiger partial charge in [-0.05, 0) is 98.4 Å². The molecular formula is C41H55N. The van der Waals surface area contributed by atoms with Crippen LogP contribution in [0.2, 0.25) is 0 Å². The molecule has 1 heteroatoms. The fraction of sp³-hybridized carbons (Fsp3) is 0.341. The molecule has 0 amide bonds. The molecule has 0 N–H and O–H groups in total. The second-order valence-corrected chi connectivity index (χ2v) is 11.0. The van der Waals surface area contributed by atoms with Crippen molar-refractivity contribution in [2.24, 2.45) is 23.2 Å². The predicted molar refractivity (Wildman–Crippen MR) is 190 cm³/mol. The summed E-state index contributed by atoms with van der Waals surface area (Å²) in [5, 5.41) is 0. The number of aromatic nitrogens is 1. The van der Waals surface area contributed by atoms with Crippen LogP contribution >= 0.6 is 0 Å². The van der Waals surface area contributed by atoms with Crippen molar-refractivity contribution in [3.05, 3.63) is 157 Å². The quantitative estimate of drug-likeness (QED) is 0.172. The zero-order valence-electron chi connectivity index (χ0n) is 27.9. The maximum absolute atomic E-state index is 4.80. The van der Waals surface area contributed by atoms with E-state index in [2.05, 4.69) is 135 Å². The van der Waals surface area contributed by atoms with Crippen LogP contribution in [-0.2, 0) is 0 Å². The van der Waals surface area contributed by atoms with Crippen molar-refractivity contribution in [1.82, 2.24) is 4.98 Å². The van der Waals surface area contributed by atoms with Gasteiger partial charge in [0, 0.05) is 17.5 Å². The maximum atomic E-state index is 4.80. The molecule has 0 aliphatic heterocycles. The molecule has 3 atom stereocenters. The summed E-state index contributed by atoms with van der Waals surface area (Å²) in [5.41, 5.74) is 8.47. The zero-order valence-corrected chi connectivity index (χ0v) is 27.9. The molecule has 2 rings (SSSR count). The van der Waals surface area contributed by atoms with Crippen LogP contribution in [0.25, 0.3) is 5.57 Å². The smallest absolute Gasteiger partial charge is 0.0664 e. The van der Waals surface area contributed by atoms with Gasteiger partial charge in [0.25, 0.3) is 0 Å². The second-order valence-electron chi connectivity index (χ2n) is 11.0. The van der Waals surface area contributed by atoms with Gasteiger partial charge in [-0.3, -0.25) is 4.98 Å². The van der Waals surface area contributed by atoms with Crippen molar-refractivity contribution in [2.45, 2.75) is 68.7 Å². The van der Waals surface area contributed by atoms with E-state index in [1.165, 1.54) is 16.7 Å². The van der Waals surface area contributed by atoms with Crippen LogP contribution in [0.4, 0.5) is 0 Å². The van der Waals surface area contributed by atoms with Crippen molar-refractivity contribution in [3.63, 3.8) is 0 Å². The molecule has 0 fully saturated rings. The fourth-order valence-electron chi connectivity index (χ4n) is 5.85. The van der Waals surface area contributed by atoms with Gasteiger partial charge in [0.15, 0.2) is 0 Å². The lowest BCUT2D eigenvalue weighted by atomic mass is 9.54. The van der Waals surface area contributed by atoms with E-state index < -0.39 is 0 Å². The molecule has 42 heavy (non-hydrogen) atoms. The highest BCUT2D eigenvalue weighted by Gasteiger charge is 2.47. The van der Waals surface area contributed by atoms with Crippen LogP contribution in [0.3, 0.4) is 0 Å². The Morgan fingerprint density at radius 2 is 1.71 bits per heavy atom. The highest BCUT2D eigenvalue weighted by atomic mass is 14.7. The Kier molecular flexibility index (Phi) is 15.5. The van der Waals surface area contributed by atoms with E-state index in [1.807, 2.05) is 39.1 Å². The first-order valence-electron chi connectivity index (χ1n) is 15.3. The Bertz CT molecular complexity index is 1300. The molecule has 0 aromatic carbocycles. The molecule has 0 spiro atoms. The lowest BCUT2D eigenvalue weighted by Crippen LogP contribution is -2.42. The summed E-state index contributed by atoms with van der Waals surface area (Å²) in [5.74, 6) is 0.544. The lowest BCUT2D eigenvalue weighted by Gasteiger charge is -2.49. The Labute approximate surface area is 258 Å². The van der Waals surface area contributed by atoms with Gasteiger partial charge in [-0.2, -0.15) is 0 Å². The molecule has 0 bridgehead atoms. The fourth-order valence-corrected chi connectivity index (χ4v) is 5.85. The minimum atomic E-state index is -0.265. The van der Waals surface area contributed by atoms with Crippen LogP contribution in [0, 0.1) is 23.2 Å². The molecule has 0 radical (unpaired) electrons. The highest BCUT2D eigenvalue weighted by molar-refractivity contribution is 5.69. The Morgan fingerprint density at radius 1 is 1.02 bits per heavy atom. The summed E-state index contributed by atoms with van der Waals surface area (Å²) in [6, 6.07) is 6.19. The number of allylic oxidation sites excluding steroid dienone is 18. The van der Waals surface area contributed by atoms with Crippen molar-refractivity contribution >= 4 is 5.57 Å². The van der Waals surface area contributed by atoms with Crippen LogP contribution < -0.4 is 0 Å². The average molecular weight is 562 g/mol. The van der Waals surface area contributed by atoms with Gasteiger partial charge in [-0.25, -0.2) is 0 Å². The van der Waals surface area contributed by atoms with Crippen molar-refractivity contribution in [1.29, 1.82) is 0 Å². The Hall–Kier alpha value is -3.71. The molecule has 3 unspecified atom stereocenters. The van der Waals surface area contributed by atoms with E-state index in [0.29, 0.717) is 5.92 Å². The first-order chi connectivity index (χ1) is 20.1. The molecule has 1 nitrogen and oxygen atoms in total. The first-order valence-corrected chi connectivity index (χ1v) is 15.3. The van der Waals surface area contributed by atoms with Crippen LogP contribution in [0.15, 0.2) is 151 Å². The van der Waals surface area contributed by atoms with Crippen molar-refractivity contribution in [2.75, 3.05) is 0 Å². The third-order valence-electron chi connectivity index (χ3n) is 8.19. The van der Waals surface area contributed by atoms with Gasteiger partial charge < -0.3 is 0 Å². The van der Waals surface area contributed by atoms with Gasteiger partial charge >= 0.3 is 0 Å². The summed E-state index contributed by atoms with van der Waals surface area (Å²) in [4.78, 5) is 4.80. The summed E-state index contributed by atoms with van der Waals surface area (Å²) < 4.78 is 0. The highest BCUT2D eigenvalue weighted by Crippen LogP contribution is 2.55. The first kappa shape index (κ1) is 36.3. The number of hydrogen-bond donors (Lipinski definition) is 0. The minimum Gasteiger partial charge on any atom is -0.257 e. The zero-order chi connectivity index (χ0) is 31.9. The summed E-state index contributed by atoms with van der Waals surface area (Å²) in [7, 11) is 0. The van der Waals surface area contributed by atoms with Crippen molar-refractivity contribution in [3.8, 4) is 0 Å². The van der Waals surface area contributed by atoms with E-state index in [-0.39, 0.29) is 17.3 Å². The minimum absolute atomic E-state index is 0.0356. The molecule has 0 saturated carbocycles. The topological polar surface area (TPSA) is 12.9 Å². The number of hydrogen-bond acceptors (Lipinski definition) is 1. The molecule has 1 heterocycles. The third-order valence-corrected chi connectivity index (χ3v) is 8.19. The van der Waals surface area contributed by atoms with E-state index in [4.69, 9.17) is 4.98 Å². The number of nitrogens with zero attached hydrogens (tertiary/aromatic N) is 1. The Morgan fingerprint density at radius 3 is 2.24 bits per heavy atom. The number of rotatable bonds is 13. The SMILES string of the molecule is C=C/C=C(/C)C(=C)C(=C)/C=C/C(C(/C=C\C)=C(/C)C(=C)C)C(C=CC)(C(C)C)C1CC=CC=C1c1ccccn1.CC. The van der Waals surface area contributed by atoms with Gasteiger partial charge in [0.05, 0.1) is 5.69 Å². The third kappa shape index (κ3) is 8.65. The molecule has 1 aromatic heterocycles. The Balaban J connectivity index is 0.00000431. The van der Waals surface area contributed by atoms with Gasteiger partial charge in [0.1, 0.15) is 0 Å². The van der Waals surface area contributed by atoms with Gasteiger partial charge in [-0.1, -0.05) is 132 Å². The molecular weight excluding hydrogens is 506 g/mol. The van der Waals surface area contributed by atoms with E-state index in [9.17, 15) is 0 Å². The molecule has 1 aromatic rings. The predicted octanol–water partition coefficient (Wildman–Crippen LogP) is 12.2. The maximum Gasteiger partial charge on any atom is 0.0664 e. The summed E-state index contributed by atoms with van der Waals surface area (Å²) in [6.07, 6.45) is 26.9. The molecule has 0 saturated heterocycles. The molecule has 1 aliphatic carbocycles. The molecule has 224 valence electrons. The largest absolute Gasteiger partial charge is 0.257 e. The van der Waals surface area contributed by atoms with E-state index >= 15 is 0 Å². The summed E-state index contributed by atoms with van der Waals surface area (Å²) >= 11 is 0. The van der Waals surface area contributed by atoms with Crippen LogP contribution in [0.5, 0.6) is 0 Å². The van der Waals surface area contributed by atoms with Crippen LogP contribution in [-0.4, -0.2) is 4.98 Å². The van der Waals surface area contributed by atoms with E-state index in [1.54, 1.807) is 6.08 Å².